The Morgan fingerprint density at radius 2 is 1.21 bits per heavy atom. The lowest BCUT2D eigenvalue weighted by atomic mass is 9.88. The molecule has 244 valence electrons. The predicted octanol–water partition coefficient (Wildman–Crippen LogP) is 9.11. The van der Waals surface area contributed by atoms with E-state index in [1.807, 2.05) is 54.6 Å². The number of furan rings is 1. The van der Waals surface area contributed by atoms with Crippen molar-refractivity contribution in [2.75, 3.05) is 0 Å². The molecule has 1 aliphatic heterocycles. The van der Waals surface area contributed by atoms with Crippen molar-refractivity contribution in [3.8, 4) is 51.3 Å². The summed E-state index contributed by atoms with van der Waals surface area (Å²) in [5.41, 5.74) is 6.64. The van der Waals surface area contributed by atoms with Crippen molar-refractivity contribution in [2.45, 2.75) is 12.0 Å². The van der Waals surface area contributed by atoms with Crippen molar-refractivity contribution < 1.29 is 9.15 Å². The fraction of sp³-hybridized carbons (Fsp3) is 0.0435. The number of fused-ring (bicyclic) bond motifs is 8. The van der Waals surface area contributed by atoms with E-state index in [0.29, 0.717) is 23.2 Å². The molecular weight excluding hydrogens is 641 g/mol. The molecule has 6 aromatic carbocycles. The lowest BCUT2D eigenvalue weighted by Crippen LogP contribution is -2.34. The molecule has 52 heavy (non-hydrogen) atoms. The molecule has 3 aromatic heterocycles. The third-order valence-electron chi connectivity index (χ3n) is 10.2. The van der Waals surface area contributed by atoms with Crippen molar-refractivity contribution in [1.29, 1.82) is 0 Å². The third kappa shape index (κ3) is 4.58. The highest BCUT2D eigenvalue weighted by molar-refractivity contribution is 6.09. The monoisotopic (exact) mass is 668 g/mol. The van der Waals surface area contributed by atoms with Crippen LogP contribution in [0.2, 0.25) is 0 Å². The van der Waals surface area contributed by atoms with E-state index in [1.54, 1.807) is 0 Å². The predicted molar refractivity (Wildman–Crippen MR) is 206 cm³/mol. The molecule has 0 N–H and O–H groups in total. The first kappa shape index (κ1) is 28.9. The maximum atomic E-state index is 6.81. The van der Waals surface area contributed by atoms with Crippen molar-refractivity contribution in [1.82, 2.24) is 19.9 Å². The zero-order chi connectivity index (χ0) is 34.2. The van der Waals surface area contributed by atoms with Crippen molar-refractivity contribution in [3.63, 3.8) is 0 Å². The topological polar surface area (TPSA) is 73.9 Å². The van der Waals surface area contributed by atoms with Crippen LogP contribution in [0.4, 0.5) is 0 Å². The maximum Gasteiger partial charge on any atom is 0.182 e. The van der Waals surface area contributed by atoms with E-state index in [0.717, 1.165) is 71.6 Å². The van der Waals surface area contributed by atoms with Gasteiger partial charge in [0.05, 0.1) is 5.69 Å². The minimum Gasteiger partial charge on any atom is -0.485 e. The van der Waals surface area contributed by atoms with Gasteiger partial charge >= 0.3 is 0 Å². The van der Waals surface area contributed by atoms with E-state index in [9.17, 15) is 0 Å². The van der Waals surface area contributed by atoms with E-state index in [1.165, 1.54) is 5.22 Å². The molecule has 0 fully saturated rings. The van der Waals surface area contributed by atoms with Crippen LogP contribution in [0.5, 0.6) is 5.75 Å². The number of benzene rings is 6. The number of nitrogens with zero attached hydrogens (tertiary/aromatic N) is 4. The molecule has 4 heterocycles. The standard InChI is InChI=1S/C46H28N4O2/c1-2-12-28(13-3-1)44-48-45(32-22-21-27-11-4-5-14-29(27)23-32)50-46(49-44)42-41-36-24-30-15-6-7-16-31(30)25-39(36)51-40(41)26-37(47-42)35-19-10-18-34-33-17-8-9-20-38(33)52-43(34)35/h1-26,36,39H. The summed E-state index contributed by atoms with van der Waals surface area (Å²) in [6, 6.07) is 49.5. The largest absolute Gasteiger partial charge is 0.485 e. The summed E-state index contributed by atoms with van der Waals surface area (Å²) in [7, 11) is 0. The number of hydrogen-bond donors (Lipinski definition) is 0. The number of para-hydroxylation sites is 2. The van der Waals surface area contributed by atoms with Gasteiger partial charge in [-0.2, -0.15) is 0 Å². The Morgan fingerprint density at radius 3 is 2.10 bits per heavy atom. The number of hydrogen-bond acceptors (Lipinski definition) is 6. The van der Waals surface area contributed by atoms with Gasteiger partial charge in [-0.05, 0) is 45.5 Å². The van der Waals surface area contributed by atoms with Crippen LogP contribution in [0, 0.1) is 0 Å². The number of rotatable bonds is 4. The molecule has 0 amide bonds. The molecule has 0 saturated heterocycles. The minimum absolute atomic E-state index is 0.0792. The fourth-order valence-electron chi connectivity index (χ4n) is 7.75. The molecular formula is C46H28N4O2. The van der Waals surface area contributed by atoms with Gasteiger partial charge in [-0.15, -0.1) is 0 Å². The number of aromatic nitrogens is 4. The van der Waals surface area contributed by atoms with Crippen LogP contribution in [0.1, 0.15) is 11.5 Å². The first-order valence-corrected chi connectivity index (χ1v) is 17.5. The van der Waals surface area contributed by atoms with Crippen LogP contribution in [0.15, 0.2) is 150 Å². The second kappa shape index (κ2) is 11.3. The van der Waals surface area contributed by atoms with Crippen LogP contribution < -0.4 is 15.2 Å². The Balaban J connectivity index is 1.19. The Morgan fingerprint density at radius 1 is 0.500 bits per heavy atom. The van der Waals surface area contributed by atoms with Crippen molar-refractivity contribution >= 4 is 44.9 Å². The van der Waals surface area contributed by atoms with E-state index >= 15 is 0 Å². The molecule has 1 aliphatic carbocycles. The summed E-state index contributed by atoms with van der Waals surface area (Å²) in [6.45, 7) is 0. The van der Waals surface area contributed by atoms with Crippen LogP contribution in [-0.2, 0) is 0 Å². The summed E-state index contributed by atoms with van der Waals surface area (Å²) in [5.74, 6) is 2.33. The summed E-state index contributed by atoms with van der Waals surface area (Å²) in [6.07, 6.45) is 4.31. The summed E-state index contributed by atoms with van der Waals surface area (Å²) in [4.78, 5) is 20.9. The third-order valence-corrected chi connectivity index (χ3v) is 10.2. The molecule has 6 nitrogen and oxygen atoms in total. The van der Waals surface area contributed by atoms with Crippen molar-refractivity contribution in [3.05, 3.63) is 162 Å². The minimum atomic E-state index is -0.196. The van der Waals surface area contributed by atoms with E-state index in [4.69, 9.17) is 29.1 Å². The maximum absolute atomic E-state index is 6.81. The Labute approximate surface area is 298 Å². The van der Waals surface area contributed by atoms with Gasteiger partial charge in [0.25, 0.3) is 0 Å². The average Bonchev–Trinajstić information content (AvgIpc) is 3.77. The summed E-state index contributed by atoms with van der Waals surface area (Å²) in [5, 5.41) is 6.70. The molecule has 0 saturated carbocycles. The van der Waals surface area contributed by atoms with Gasteiger partial charge in [0.2, 0.25) is 0 Å². The SMILES string of the molecule is C1=c2ccccc2=CC2c3c(cc(-c4cccc5c4oc4ccccc45)nc3-c3nc(-c4ccccc4)nc(-c4ccc5ccccc5c4)n3)OC12. The van der Waals surface area contributed by atoms with Gasteiger partial charge in [-0.1, -0.05) is 127 Å². The quantitative estimate of drug-likeness (QED) is 0.186. The molecule has 11 rings (SSSR count). The van der Waals surface area contributed by atoms with Gasteiger partial charge in [0.1, 0.15) is 28.7 Å². The molecule has 0 bridgehead atoms. The molecule has 2 atom stereocenters. The Kier molecular flexibility index (Phi) is 6.28. The smallest absolute Gasteiger partial charge is 0.182 e. The van der Waals surface area contributed by atoms with Crippen LogP contribution in [-0.4, -0.2) is 26.0 Å². The Hall–Kier alpha value is -6.92. The van der Waals surface area contributed by atoms with Gasteiger partial charge in [0, 0.05) is 45.0 Å². The highest BCUT2D eigenvalue weighted by Gasteiger charge is 2.38. The van der Waals surface area contributed by atoms with Crippen LogP contribution in [0.25, 0.3) is 90.4 Å². The first-order chi connectivity index (χ1) is 25.7. The van der Waals surface area contributed by atoms with Crippen LogP contribution in [0.3, 0.4) is 0 Å². The first-order valence-electron chi connectivity index (χ1n) is 17.5. The molecule has 2 aliphatic rings. The molecule has 6 heteroatoms. The normalized spacial score (nSPS) is 15.8. The number of ether oxygens (including phenoxy) is 1. The van der Waals surface area contributed by atoms with E-state index in [-0.39, 0.29) is 12.0 Å². The average molecular weight is 669 g/mol. The second-order valence-electron chi connectivity index (χ2n) is 13.4. The fourth-order valence-corrected chi connectivity index (χ4v) is 7.75. The van der Waals surface area contributed by atoms with Gasteiger partial charge in [0.15, 0.2) is 17.5 Å². The van der Waals surface area contributed by atoms with Gasteiger partial charge < -0.3 is 9.15 Å². The van der Waals surface area contributed by atoms with E-state index in [2.05, 4.69) is 103 Å². The van der Waals surface area contributed by atoms with Crippen molar-refractivity contribution in [2.24, 2.45) is 0 Å². The molecule has 0 radical (unpaired) electrons. The lowest BCUT2D eigenvalue weighted by molar-refractivity contribution is 0.288. The van der Waals surface area contributed by atoms with Crippen LogP contribution >= 0.6 is 0 Å². The zero-order valence-electron chi connectivity index (χ0n) is 27.8. The zero-order valence-corrected chi connectivity index (χ0v) is 27.8. The Bertz CT molecular complexity index is 3020. The summed E-state index contributed by atoms with van der Waals surface area (Å²) < 4.78 is 13.3. The summed E-state index contributed by atoms with van der Waals surface area (Å²) >= 11 is 0. The highest BCUT2D eigenvalue weighted by atomic mass is 16.5. The van der Waals surface area contributed by atoms with E-state index < -0.39 is 0 Å². The molecule has 9 aromatic rings. The highest BCUT2D eigenvalue weighted by Crippen LogP contribution is 2.47. The number of pyridine rings is 1. The van der Waals surface area contributed by atoms with Gasteiger partial charge in [-0.25, -0.2) is 19.9 Å². The molecule has 2 unspecified atom stereocenters. The molecule has 0 spiro atoms. The second-order valence-corrected chi connectivity index (χ2v) is 13.4. The van der Waals surface area contributed by atoms with Gasteiger partial charge in [-0.3, -0.25) is 0 Å². The lowest BCUT2D eigenvalue weighted by Gasteiger charge is -2.17.